The lowest BCUT2D eigenvalue weighted by Crippen LogP contribution is -2.34. The van der Waals surface area contributed by atoms with Gasteiger partial charge in [-0.15, -0.1) is 0 Å². The molecule has 0 unspecified atom stereocenters. The molecule has 0 fully saturated rings. The van der Waals surface area contributed by atoms with E-state index in [9.17, 15) is 0 Å². The Labute approximate surface area is 113 Å². The van der Waals surface area contributed by atoms with Crippen molar-refractivity contribution in [2.24, 2.45) is 16.6 Å². The molecule has 0 aliphatic heterocycles. The van der Waals surface area contributed by atoms with Gasteiger partial charge in [-0.1, -0.05) is 31.5 Å². The first-order chi connectivity index (χ1) is 8.52. The second kappa shape index (κ2) is 7.11. The number of guanidine groups is 1. The summed E-state index contributed by atoms with van der Waals surface area (Å²) in [5.74, 6) is 1.65. The van der Waals surface area contributed by atoms with Crippen molar-refractivity contribution in [3.63, 3.8) is 0 Å². The van der Waals surface area contributed by atoms with Crippen LogP contribution in [0.1, 0.15) is 19.4 Å². The van der Waals surface area contributed by atoms with E-state index < -0.39 is 0 Å². The molecule has 4 nitrogen and oxygen atoms in total. The summed E-state index contributed by atoms with van der Waals surface area (Å²) in [6, 6.07) is 5.58. The second-order valence-corrected chi connectivity index (χ2v) is 4.85. The molecule has 0 saturated heterocycles. The van der Waals surface area contributed by atoms with Crippen molar-refractivity contribution in [2.75, 3.05) is 13.7 Å². The molecular formula is C13H20ClN3O. The number of aliphatic imine (C=N–C) groups is 1. The molecule has 1 aromatic rings. The monoisotopic (exact) mass is 269 g/mol. The first-order valence-corrected chi connectivity index (χ1v) is 6.27. The topological polar surface area (TPSA) is 59.6 Å². The molecule has 0 radical (unpaired) electrons. The van der Waals surface area contributed by atoms with Gasteiger partial charge in [0.05, 0.1) is 18.7 Å². The first kappa shape index (κ1) is 14.6. The fourth-order valence-corrected chi connectivity index (χ4v) is 1.63. The zero-order valence-corrected chi connectivity index (χ0v) is 11.8. The SMILES string of the molecule is COc1ccc(CN=C(N)NCC(C)C)cc1Cl. The highest BCUT2D eigenvalue weighted by Crippen LogP contribution is 2.25. The molecular weight excluding hydrogens is 250 g/mol. The minimum atomic E-state index is 0.454. The fraction of sp³-hybridized carbons (Fsp3) is 0.462. The Bertz CT molecular complexity index is 419. The molecule has 18 heavy (non-hydrogen) atoms. The van der Waals surface area contributed by atoms with Gasteiger partial charge in [0.2, 0.25) is 0 Å². The molecule has 0 heterocycles. The lowest BCUT2D eigenvalue weighted by atomic mass is 10.2. The van der Waals surface area contributed by atoms with Crippen molar-refractivity contribution in [1.29, 1.82) is 0 Å². The van der Waals surface area contributed by atoms with Gasteiger partial charge in [0, 0.05) is 6.54 Å². The van der Waals surface area contributed by atoms with E-state index in [-0.39, 0.29) is 0 Å². The smallest absolute Gasteiger partial charge is 0.188 e. The van der Waals surface area contributed by atoms with Gasteiger partial charge < -0.3 is 15.8 Å². The van der Waals surface area contributed by atoms with Gasteiger partial charge in [0.15, 0.2) is 5.96 Å². The number of hydrogen-bond acceptors (Lipinski definition) is 2. The zero-order valence-electron chi connectivity index (χ0n) is 11.0. The molecule has 1 rings (SSSR count). The third-order valence-corrected chi connectivity index (χ3v) is 2.63. The van der Waals surface area contributed by atoms with Crippen LogP contribution in [0.3, 0.4) is 0 Å². The van der Waals surface area contributed by atoms with Crippen LogP contribution in [-0.4, -0.2) is 19.6 Å². The number of nitrogens with two attached hydrogens (primary N) is 1. The van der Waals surface area contributed by atoms with E-state index in [1.54, 1.807) is 7.11 Å². The predicted octanol–water partition coefficient (Wildman–Crippen LogP) is 2.41. The standard InChI is InChI=1S/C13H20ClN3O/c1-9(2)7-16-13(15)17-8-10-4-5-12(18-3)11(14)6-10/h4-6,9H,7-8H2,1-3H3,(H3,15,16,17). The van der Waals surface area contributed by atoms with Gasteiger partial charge in [-0.3, -0.25) is 0 Å². The number of methoxy groups -OCH3 is 1. The molecule has 0 atom stereocenters. The van der Waals surface area contributed by atoms with Crippen molar-refractivity contribution in [1.82, 2.24) is 5.32 Å². The Balaban J connectivity index is 2.57. The average molecular weight is 270 g/mol. The van der Waals surface area contributed by atoms with E-state index in [1.165, 1.54) is 0 Å². The molecule has 5 heteroatoms. The lowest BCUT2D eigenvalue weighted by molar-refractivity contribution is 0.415. The summed E-state index contributed by atoms with van der Waals surface area (Å²) in [6.45, 7) is 5.55. The van der Waals surface area contributed by atoms with Crippen LogP contribution in [0, 0.1) is 5.92 Å². The third-order valence-electron chi connectivity index (χ3n) is 2.34. The van der Waals surface area contributed by atoms with Crippen LogP contribution >= 0.6 is 11.6 Å². The van der Waals surface area contributed by atoms with Crippen LogP contribution in [0.5, 0.6) is 5.75 Å². The summed E-state index contributed by atoms with van der Waals surface area (Å²) in [4.78, 5) is 4.25. The van der Waals surface area contributed by atoms with Crippen LogP contribution in [0.2, 0.25) is 5.02 Å². The first-order valence-electron chi connectivity index (χ1n) is 5.89. The van der Waals surface area contributed by atoms with E-state index in [1.807, 2.05) is 18.2 Å². The number of hydrogen-bond donors (Lipinski definition) is 2. The molecule has 3 N–H and O–H groups in total. The molecule has 0 amide bonds. The maximum absolute atomic E-state index is 6.03. The average Bonchev–Trinajstić information content (AvgIpc) is 2.34. The Morgan fingerprint density at radius 2 is 2.22 bits per heavy atom. The van der Waals surface area contributed by atoms with Gasteiger partial charge in [-0.25, -0.2) is 4.99 Å². The van der Waals surface area contributed by atoms with Crippen molar-refractivity contribution < 1.29 is 4.74 Å². The van der Waals surface area contributed by atoms with E-state index in [0.29, 0.717) is 29.2 Å². The number of nitrogens with one attached hydrogen (secondary N) is 1. The highest BCUT2D eigenvalue weighted by Gasteiger charge is 2.01. The minimum absolute atomic E-state index is 0.454. The predicted molar refractivity (Wildman–Crippen MR) is 76.2 cm³/mol. The molecule has 0 bridgehead atoms. The van der Waals surface area contributed by atoms with Gasteiger partial charge in [-0.05, 0) is 23.6 Å². The molecule has 0 saturated carbocycles. The summed E-state index contributed by atoms with van der Waals surface area (Å²) in [7, 11) is 1.59. The highest BCUT2D eigenvalue weighted by atomic mass is 35.5. The lowest BCUT2D eigenvalue weighted by Gasteiger charge is -2.08. The van der Waals surface area contributed by atoms with E-state index in [2.05, 4.69) is 24.2 Å². The molecule has 1 aromatic carbocycles. The quantitative estimate of drug-likeness (QED) is 0.637. The fourth-order valence-electron chi connectivity index (χ4n) is 1.35. The number of nitrogens with zero attached hydrogens (tertiary/aromatic N) is 1. The largest absolute Gasteiger partial charge is 0.495 e. The number of ether oxygens (including phenoxy) is 1. The van der Waals surface area contributed by atoms with Crippen molar-refractivity contribution in [3.05, 3.63) is 28.8 Å². The third kappa shape index (κ3) is 4.84. The van der Waals surface area contributed by atoms with Gasteiger partial charge in [-0.2, -0.15) is 0 Å². The summed E-state index contributed by atoms with van der Waals surface area (Å²) in [6.07, 6.45) is 0. The molecule has 0 aliphatic carbocycles. The maximum Gasteiger partial charge on any atom is 0.188 e. The number of benzene rings is 1. The van der Waals surface area contributed by atoms with Crippen molar-refractivity contribution in [2.45, 2.75) is 20.4 Å². The van der Waals surface area contributed by atoms with E-state index >= 15 is 0 Å². The van der Waals surface area contributed by atoms with E-state index in [4.69, 9.17) is 22.1 Å². The Morgan fingerprint density at radius 3 is 2.78 bits per heavy atom. The maximum atomic E-state index is 6.03. The van der Waals surface area contributed by atoms with Gasteiger partial charge in [0.1, 0.15) is 5.75 Å². The summed E-state index contributed by atoms with van der Waals surface area (Å²) >= 11 is 6.03. The summed E-state index contributed by atoms with van der Waals surface area (Å²) in [5, 5.41) is 3.64. The van der Waals surface area contributed by atoms with Crippen LogP contribution in [-0.2, 0) is 6.54 Å². The van der Waals surface area contributed by atoms with Crippen molar-refractivity contribution in [3.8, 4) is 5.75 Å². The highest BCUT2D eigenvalue weighted by molar-refractivity contribution is 6.32. The molecule has 100 valence electrons. The van der Waals surface area contributed by atoms with Crippen LogP contribution in [0.15, 0.2) is 23.2 Å². The van der Waals surface area contributed by atoms with Crippen LogP contribution in [0.25, 0.3) is 0 Å². The molecule has 0 aromatic heterocycles. The molecule has 0 aliphatic rings. The summed E-state index contributed by atoms with van der Waals surface area (Å²) in [5.41, 5.74) is 6.74. The Kier molecular flexibility index (Phi) is 5.78. The second-order valence-electron chi connectivity index (χ2n) is 4.45. The number of halogens is 1. The van der Waals surface area contributed by atoms with Crippen LogP contribution in [0.4, 0.5) is 0 Å². The molecule has 0 spiro atoms. The summed E-state index contributed by atoms with van der Waals surface area (Å²) < 4.78 is 5.09. The van der Waals surface area contributed by atoms with Crippen molar-refractivity contribution >= 4 is 17.6 Å². The minimum Gasteiger partial charge on any atom is -0.495 e. The number of rotatable bonds is 5. The Hall–Kier alpha value is -1.42. The van der Waals surface area contributed by atoms with Crippen LogP contribution < -0.4 is 15.8 Å². The zero-order chi connectivity index (χ0) is 13.5. The van der Waals surface area contributed by atoms with E-state index in [0.717, 1.165) is 12.1 Å². The van der Waals surface area contributed by atoms with Gasteiger partial charge >= 0.3 is 0 Å². The normalized spacial score (nSPS) is 11.7. The Morgan fingerprint density at radius 1 is 1.50 bits per heavy atom. The van der Waals surface area contributed by atoms with Gasteiger partial charge in [0.25, 0.3) is 0 Å².